The molecule has 2 aromatic heterocycles. The van der Waals surface area contributed by atoms with Crippen LogP contribution in [0.5, 0.6) is 5.88 Å². The molecule has 0 aromatic carbocycles. The van der Waals surface area contributed by atoms with Crippen LogP contribution in [0.2, 0.25) is 0 Å². The number of hydrogen-bond donors (Lipinski definition) is 1. The van der Waals surface area contributed by atoms with Gasteiger partial charge < -0.3 is 10.5 Å². The van der Waals surface area contributed by atoms with E-state index in [1.54, 1.807) is 17.1 Å². The number of aryl methyl sites for hydroxylation is 2. The van der Waals surface area contributed by atoms with E-state index in [1.807, 2.05) is 0 Å². The first-order chi connectivity index (χ1) is 8.19. The summed E-state index contributed by atoms with van der Waals surface area (Å²) in [4.78, 5) is 11.5. The van der Waals surface area contributed by atoms with Gasteiger partial charge in [-0.15, -0.1) is 5.10 Å². The van der Waals surface area contributed by atoms with E-state index in [4.69, 9.17) is 10.5 Å². The van der Waals surface area contributed by atoms with Gasteiger partial charge >= 0.3 is 0 Å². The number of aromatic nitrogens is 4. The van der Waals surface area contributed by atoms with Crippen molar-refractivity contribution in [1.29, 1.82) is 0 Å². The molecule has 0 unspecified atom stereocenters. The molecule has 0 aliphatic carbocycles. The molecule has 0 radical (unpaired) electrons. The Kier molecular flexibility index (Phi) is 3.08. The van der Waals surface area contributed by atoms with Crippen LogP contribution in [0.15, 0.2) is 29.3 Å². The lowest BCUT2D eigenvalue weighted by atomic mass is 10.5. The quantitative estimate of drug-likeness (QED) is 0.788. The molecular weight excluding hydrogens is 222 g/mol. The molecule has 7 nitrogen and oxygen atoms in total. The number of nitrogens with two attached hydrogens (primary N) is 1. The summed E-state index contributed by atoms with van der Waals surface area (Å²) in [5.74, 6) is 0.407. The predicted molar refractivity (Wildman–Crippen MR) is 61.7 cm³/mol. The normalized spacial score (nSPS) is 10.4. The van der Waals surface area contributed by atoms with Gasteiger partial charge in [0, 0.05) is 18.3 Å². The van der Waals surface area contributed by atoms with E-state index < -0.39 is 0 Å². The molecule has 0 amide bonds. The molecule has 90 valence electrons. The highest BCUT2D eigenvalue weighted by Crippen LogP contribution is 2.00. The fourth-order valence-corrected chi connectivity index (χ4v) is 1.40. The molecule has 2 rings (SSSR count). The Bertz CT molecular complexity index is 560. The van der Waals surface area contributed by atoms with Crippen LogP contribution in [0.4, 0.5) is 5.69 Å². The zero-order valence-corrected chi connectivity index (χ0v) is 9.41. The molecule has 0 aliphatic rings. The summed E-state index contributed by atoms with van der Waals surface area (Å²) in [6.45, 7) is 0.939. The molecule has 0 saturated heterocycles. The molecule has 0 atom stereocenters. The predicted octanol–water partition coefficient (Wildman–Crippen LogP) is -0.269. The van der Waals surface area contributed by atoms with Crippen molar-refractivity contribution in [2.24, 2.45) is 0 Å². The Hall–Kier alpha value is -2.31. The summed E-state index contributed by atoms with van der Waals surface area (Å²) in [7, 11) is 1.51. The van der Waals surface area contributed by atoms with E-state index in [2.05, 4.69) is 10.2 Å². The Balaban J connectivity index is 2.10. The van der Waals surface area contributed by atoms with Crippen LogP contribution >= 0.6 is 0 Å². The Labute approximate surface area is 97.4 Å². The molecule has 7 heteroatoms. The van der Waals surface area contributed by atoms with E-state index >= 15 is 0 Å². The van der Waals surface area contributed by atoms with Crippen LogP contribution in [-0.2, 0) is 13.1 Å². The van der Waals surface area contributed by atoms with E-state index in [-0.39, 0.29) is 5.56 Å². The number of nitrogens with zero attached hydrogens (tertiary/aromatic N) is 4. The highest BCUT2D eigenvalue weighted by molar-refractivity contribution is 5.30. The van der Waals surface area contributed by atoms with Gasteiger partial charge in [-0.05, 0) is 0 Å². The smallest absolute Gasteiger partial charge is 0.267 e. The second-order valence-corrected chi connectivity index (χ2v) is 3.47. The van der Waals surface area contributed by atoms with E-state index in [0.29, 0.717) is 24.7 Å². The third-order valence-electron chi connectivity index (χ3n) is 2.25. The van der Waals surface area contributed by atoms with Crippen LogP contribution in [0.3, 0.4) is 0 Å². The maximum Gasteiger partial charge on any atom is 0.267 e. The van der Waals surface area contributed by atoms with Crippen molar-refractivity contribution in [2.75, 3.05) is 12.8 Å². The van der Waals surface area contributed by atoms with Crippen molar-refractivity contribution in [3.05, 3.63) is 34.9 Å². The van der Waals surface area contributed by atoms with Crippen LogP contribution in [-0.4, -0.2) is 26.7 Å². The molecular formula is C10H13N5O2. The molecule has 0 spiro atoms. The first-order valence-corrected chi connectivity index (χ1v) is 5.09. The fraction of sp³-hybridized carbons (Fsp3) is 0.300. The number of ether oxygens (including phenoxy) is 1. The highest BCUT2D eigenvalue weighted by Gasteiger charge is 2.01. The van der Waals surface area contributed by atoms with Gasteiger partial charge in [-0.25, -0.2) is 4.68 Å². The summed E-state index contributed by atoms with van der Waals surface area (Å²) in [5, 5.41) is 8.04. The first-order valence-electron chi connectivity index (χ1n) is 5.09. The maximum atomic E-state index is 11.5. The van der Waals surface area contributed by atoms with Crippen LogP contribution in [0.1, 0.15) is 0 Å². The number of anilines is 1. The minimum atomic E-state index is -0.175. The van der Waals surface area contributed by atoms with Crippen molar-refractivity contribution < 1.29 is 4.74 Å². The Morgan fingerprint density at radius 1 is 1.41 bits per heavy atom. The van der Waals surface area contributed by atoms with Crippen molar-refractivity contribution >= 4 is 5.69 Å². The maximum absolute atomic E-state index is 11.5. The summed E-state index contributed by atoms with van der Waals surface area (Å²) in [6, 6.07) is 2.95. The van der Waals surface area contributed by atoms with Gasteiger partial charge in [-0.2, -0.15) is 5.10 Å². The Morgan fingerprint density at radius 3 is 2.88 bits per heavy atom. The fourth-order valence-electron chi connectivity index (χ4n) is 1.40. The van der Waals surface area contributed by atoms with E-state index in [0.717, 1.165) is 0 Å². The minimum absolute atomic E-state index is 0.175. The van der Waals surface area contributed by atoms with Gasteiger partial charge in [0.1, 0.15) is 0 Å². The van der Waals surface area contributed by atoms with E-state index in [1.165, 1.54) is 23.9 Å². The number of methoxy groups -OCH3 is 1. The zero-order valence-electron chi connectivity index (χ0n) is 9.41. The summed E-state index contributed by atoms with van der Waals surface area (Å²) >= 11 is 0. The topological polar surface area (TPSA) is 88.0 Å². The van der Waals surface area contributed by atoms with Gasteiger partial charge in [0.05, 0.1) is 32.1 Å². The lowest BCUT2D eigenvalue weighted by molar-refractivity contribution is 0.369. The average molecular weight is 235 g/mol. The largest absolute Gasteiger partial charge is 0.480 e. The van der Waals surface area contributed by atoms with Crippen molar-refractivity contribution in [3.8, 4) is 5.88 Å². The van der Waals surface area contributed by atoms with Crippen molar-refractivity contribution in [2.45, 2.75) is 13.1 Å². The summed E-state index contributed by atoms with van der Waals surface area (Å²) in [5.41, 5.74) is 5.95. The molecule has 0 saturated carbocycles. The molecule has 2 heterocycles. The van der Waals surface area contributed by atoms with Crippen LogP contribution in [0.25, 0.3) is 0 Å². The third-order valence-corrected chi connectivity index (χ3v) is 2.25. The second-order valence-electron chi connectivity index (χ2n) is 3.47. The average Bonchev–Trinajstić information content (AvgIpc) is 2.74. The molecule has 2 aromatic rings. The minimum Gasteiger partial charge on any atom is -0.480 e. The number of nitrogen functional groups attached to an aromatic ring is 1. The first kappa shape index (κ1) is 11.2. The molecule has 2 N–H and O–H groups in total. The lowest BCUT2D eigenvalue weighted by Gasteiger charge is -2.05. The number of hydrogen-bond acceptors (Lipinski definition) is 5. The highest BCUT2D eigenvalue weighted by atomic mass is 16.5. The van der Waals surface area contributed by atoms with Gasteiger partial charge in [0.15, 0.2) is 0 Å². The summed E-state index contributed by atoms with van der Waals surface area (Å²) < 4.78 is 7.94. The van der Waals surface area contributed by atoms with Gasteiger partial charge in [0.2, 0.25) is 5.88 Å². The monoisotopic (exact) mass is 235 g/mol. The van der Waals surface area contributed by atoms with Gasteiger partial charge in [-0.1, -0.05) is 0 Å². The van der Waals surface area contributed by atoms with Crippen molar-refractivity contribution in [1.82, 2.24) is 19.6 Å². The molecule has 17 heavy (non-hydrogen) atoms. The van der Waals surface area contributed by atoms with E-state index in [9.17, 15) is 4.79 Å². The van der Waals surface area contributed by atoms with Gasteiger partial charge in [-0.3, -0.25) is 9.48 Å². The lowest BCUT2D eigenvalue weighted by Crippen LogP contribution is -2.24. The summed E-state index contributed by atoms with van der Waals surface area (Å²) in [6.07, 6.45) is 3.26. The standard InChI is InChI=1S/C10H13N5O2/c1-17-9-2-3-10(16)15(13-9)5-4-14-7-8(11)6-12-14/h2-3,6-7H,4-5,11H2,1H3. The third kappa shape index (κ3) is 2.63. The number of rotatable bonds is 4. The Morgan fingerprint density at radius 2 is 2.24 bits per heavy atom. The van der Waals surface area contributed by atoms with Gasteiger partial charge in [0.25, 0.3) is 5.56 Å². The molecule has 0 bridgehead atoms. The van der Waals surface area contributed by atoms with Crippen LogP contribution in [0, 0.1) is 0 Å². The SMILES string of the molecule is COc1ccc(=O)n(CCn2cc(N)cn2)n1. The van der Waals surface area contributed by atoms with Crippen LogP contribution < -0.4 is 16.0 Å². The molecule has 0 aliphatic heterocycles. The van der Waals surface area contributed by atoms with Crippen molar-refractivity contribution in [3.63, 3.8) is 0 Å². The second kappa shape index (κ2) is 4.69. The zero-order chi connectivity index (χ0) is 12.3. The molecule has 0 fully saturated rings.